The second kappa shape index (κ2) is 7.67. The normalized spacial score (nSPS) is 11.2. The van der Waals surface area contributed by atoms with Crippen molar-refractivity contribution in [3.8, 4) is 17.6 Å². The van der Waals surface area contributed by atoms with Crippen LogP contribution in [0.15, 0.2) is 39.3 Å². The van der Waals surface area contributed by atoms with E-state index in [2.05, 4.69) is 37.9 Å². The van der Waals surface area contributed by atoms with Gasteiger partial charge >= 0.3 is 0 Å². The molecule has 0 amide bonds. The fraction of sp³-hybridized carbons (Fsp3) is 0.167. The van der Waals surface area contributed by atoms with Crippen molar-refractivity contribution in [2.45, 2.75) is 13.8 Å². The summed E-state index contributed by atoms with van der Waals surface area (Å²) in [4.78, 5) is 0. The Morgan fingerprint density at radius 3 is 2.48 bits per heavy atom. The highest BCUT2D eigenvalue weighted by Gasteiger charge is 2.15. The molecule has 0 spiro atoms. The summed E-state index contributed by atoms with van der Waals surface area (Å²) in [5.74, 6) is 0.403. The summed E-state index contributed by atoms with van der Waals surface area (Å²) in [6.45, 7) is 4.29. The predicted molar refractivity (Wildman–Crippen MR) is 99.3 cm³/mol. The number of nitrogens with zero attached hydrogens (tertiary/aromatic N) is 1. The zero-order chi connectivity index (χ0) is 17.0. The van der Waals surface area contributed by atoms with Gasteiger partial charge in [-0.1, -0.05) is 29.8 Å². The number of hydrogen-bond donors (Lipinski definition) is 1. The van der Waals surface area contributed by atoms with Gasteiger partial charge in [0.15, 0.2) is 11.5 Å². The van der Waals surface area contributed by atoms with Crippen LogP contribution in [-0.4, -0.2) is 11.7 Å². The monoisotopic (exact) mass is 435 g/mol. The van der Waals surface area contributed by atoms with Crippen LogP contribution in [0.5, 0.6) is 11.5 Å². The third-order valence-electron chi connectivity index (χ3n) is 3.26. The quantitative estimate of drug-likeness (QED) is 0.494. The Kier molecular flexibility index (Phi) is 5.86. The summed E-state index contributed by atoms with van der Waals surface area (Å²) < 4.78 is 6.60. The number of aryl methyl sites for hydroxylation is 1. The highest BCUT2D eigenvalue weighted by Crippen LogP contribution is 2.42. The molecule has 2 aromatic rings. The van der Waals surface area contributed by atoms with Crippen molar-refractivity contribution in [2.24, 2.45) is 0 Å². The number of halogens is 2. The van der Waals surface area contributed by atoms with Crippen molar-refractivity contribution in [3.63, 3.8) is 0 Å². The number of phenols is 1. The van der Waals surface area contributed by atoms with Crippen LogP contribution in [-0.2, 0) is 0 Å². The lowest BCUT2D eigenvalue weighted by Gasteiger charge is -2.11. The van der Waals surface area contributed by atoms with Gasteiger partial charge in [-0.15, -0.1) is 0 Å². The zero-order valence-electron chi connectivity index (χ0n) is 12.7. The molecule has 1 N–H and O–H groups in total. The molecule has 0 bridgehead atoms. The van der Waals surface area contributed by atoms with Crippen LogP contribution in [0, 0.1) is 18.3 Å². The van der Waals surface area contributed by atoms with Gasteiger partial charge in [-0.25, -0.2) is 0 Å². The SMILES string of the molecule is CCOc1cc(/C=C(/C#N)c2ccc(C)cc2)c(Br)c(Br)c1O. The minimum absolute atomic E-state index is 0.0321. The van der Waals surface area contributed by atoms with E-state index in [4.69, 9.17) is 4.74 Å². The Morgan fingerprint density at radius 1 is 1.26 bits per heavy atom. The van der Waals surface area contributed by atoms with Crippen LogP contribution in [0.3, 0.4) is 0 Å². The summed E-state index contributed by atoms with van der Waals surface area (Å²) in [5.41, 5.74) is 3.26. The molecule has 0 aliphatic carbocycles. The van der Waals surface area contributed by atoms with Crippen molar-refractivity contribution < 1.29 is 9.84 Å². The lowest BCUT2D eigenvalue weighted by Crippen LogP contribution is -1.94. The molecule has 0 radical (unpaired) electrons. The van der Waals surface area contributed by atoms with E-state index in [1.165, 1.54) is 0 Å². The van der Waals surface area contributed by atoms with E-state index in [1.54, 1.807) is 12.1 Å². The van der Waals surface area contributed by atoms with E-state index in [9.17, 15) is 10.4 Å². The van der Waals surface area contributed by atoms with Crippen molar-refractivity contribution in [3.05, 3.63) is 56.0 Å². The van der Waals surface area contributed by atoms with Crippen molar-refractivity contribution in [2.75, 3.05) is 6.61 Å². The lowest BCUT2D eigenvalue weighted by molar-refractivity contribution is 0.317. The van der Waals surface area contributed by atoms with Crippen molar-refractivity contribution >= 4 is 43.5 Å². The van der Waals surface area contributed by atoms with Crippen LogP contribution in [0.1, 0.15) is 23.6 Å². The van der Waals surface area contributed by atoms with Crippen molar-refractivity contribution in [1.82, 2.24) is 0 Å². The second-order valence-electron chi connectivity index (χ2n) is 4.91. The highest BCUT2D eigenvalue weighted by molar-refractivity contribution is 9.13. The molecule has 0 unspecified atom stereocenters. The molecule has 0 saturated heterocycles. The lowest BCUT2D eigenvalue weighted by atomic mass is 10.0. The number of aromatic hydroxyl groups is 1. The summed E-state index contributed by atoms with van der Waals surface area (Å²) in [7, 11) is 0. The summed E-state index contributed by atoms with van der Waals surface area (Å²) in [6.07, 6.45) is 1.77. The first-order valence-electron chi connectivity index (χ1n) is 7.00. The molecule has 0 atom stereocenters. The van der Waals surface area contributed by atoms with E-state index in [1.807, 2.05) is 38.1 Å². The largest absolute Gasteiger partial charge is 0.503 e. The topological polar surface area (TPSA) is 53.2 Å². The number of nitriles is 1. The van der Waals surface area contributed by atoms with Crippen LogP contribution >= 0.6 is 31.9 Å². The molecule has 0 aliphatic rings. The smallest absolute Gasteiger partial charge is 0.173 e. The van der Waals surface area contributed by atoms with Crippen LogP contribution in [0.25, 0.3) is 11.6 Å². The molecule has 0 heterocycles. The van der Waals surface area contributed by atoms with Gasteiger partial charge in [0.1, 0.15) is 0 Å². The fourth-order valence-electron chi connectivity index (χ4n) is 2.05. The molecular weight excluding hydrogens is 422 g/mol. The molecule has 3 nitrogen and oxygen atoms in total. The third-order valence-corrected chi connectivity index (χ3v) is 5.42. The zero-order valence-corrected chi connectivity index (χ0v) is 15.9. The third kappa shape index (κ3) is 3.95. The Balaban J connectivity index is 2.56. The predicted octanol–water partition coefficient (Wildman–Crippen LogP) is 5.69. The van der Waals surface area contributed by atoms with Crippen LogP contribution < -0.4 is 4.74 Å². The molecule has 23 heavy (non-hydrogen) atoms. The first-order chi connectivity index (χ1) is 11.0. The Hall–Kier alpha value is -1.77. The van der Waals surface area contributed by atoms with Gasteiger partial charge in [-0.05, 0) is 69.0 Å². The summed E-state index contributed by atoms with van der Waals surface area (Å²) in [6, 6.07) is 11.7. The Bertz CT molecular complexity index is 790. The van der Waals surface area contributed by atoms with Gasteiger partial charge in [0.25, 0.3) is 0 Å². The number of benzene rings is 2. The van der Waals surface area contributed by atoms with Gasteiger partial charge < -0.3 is 9.84 Å². The molecule has 0 saturated carbocycles. The Labute approximate surface area is 152 Å². The highest BCUT2D eigenvalue weighted by atomic mass is 79.9. The number of phenolic OH excluding ortho intramolecular Hbond substituents is 1. The van der Waals surface area contributed by atoms with Crippen LogP contribution in [0.4, 0.5) is 0 Å². The maximum atomic E-state index is 10.1. The average molecular weight is 437 g/mol. The van der Waals surface area contributed by atoms with E-state index in [0.29, 0.717) is 26.9 Å². The molecule has 0 aromatic heterocycles. The van der Waals surface area contributed by atoms with E-state index in [0.717, 1.165) is 16.7 Å². The molecule has 2 rings (SSSR count). The minimum atomic E-state index is 0.0321. The molecule has 0 aliphatic heterocycles. The molecule has 0 fully saturated rings. The van der Waals surface area contributed by atoms with Gasteiger partial charge in [0.05, 0.1) is 22.7 Å². The molecule has 5 heteroatoms. The number of ether oxygens (including phenoxy) is 1. The summed E-state index contributed by atoms with van der Waals surface area (Å²) in [5, 5.41) is 19.6. The van der Waals surface area contributed by atoms with Gasteiger partial charge in [-0.2, -0.15) is 5.26 Å². The molecule has 2 aromatic carbocycles. The van der Waals surface area contributed by atoms with Crippen molar-refractivity contribution in [1.29, 1.82) is 5.26 Å². The van der Waals surface area contributed by atoms with E-state index < -0.39 is 0 Å². The van der Waals surface area contributed by atoms with Crippen LogP contribution in [0.2, 0.25) is 0 Å². The number of rotatable bonds is 4. The standard InChI is InChI=1S/C18H15Br2NO2/c1-3-23-15-9-13(16(19)17(20)18(15)22)8-14(10-21)12-6-4-11(2)5-7-12/h4-9,22H,3H2,1-2H3/b14-8-. The maximum absolute atomic E-state index is 10.1. The molecule has 118 valence electrons. The van der Waals surface area contributed by atoms with Gasteiger partial charge in [-0.3, -0.25) is 0 Å². The van der Waals surface area contributed by atoms with E-state index >= 15 is 0 Å². The number of allylic oxidation sites excluding steroid dienone is 1. The minimum Gasteiger partial charge on any atom is -0.503 e. The first kappa shape index (κ1) is 17.6. The van der Waals surface area contributed by atoms with Gasteiger partial charge in [0.2, 0.25) is 0 Å². The van der Waals surface area contributed by atoms with E-state index in [-0.39, 0.29) is 5.75 Å². The summed E-state index contributed by atoms with van der Waals surface area (Å²) >= 11 is 6.78. The average Bonchev–Trinajstić information content (AvgIpc) is 2.55. The maximum Gasteiger partial charge on any atom is 0.173 e. The first-order valence-corrected chi connectivity index (χ1v) is 8.59. The number of hydrogen-bond acceptors (Lipinski definition) is 3. The Morgan fingerprint density at radius 2 is 1.91 bits per heavy atom. The van der Waals surface area contributed by atoms with Gasteiger partial charge in [0, 0.05) is 4.47 Å². The molecular formula is C18H15Br2NO2. The second-order valence-corrected chi connectivity index (χ2v) is 6.50. The fourth-order valence-corrected chi connectivity index (χ4v) is 2.89.